The molecule has 2 fully saturated rings. The highest BCUT2D eigenvalue weighted by Gasteiger charge is 2.31. The molecule has 114 valence electrons. The van der Waals surface area contributed by atoms with Crippen LogP contribution in [0.25, 0.3) is 0 Å². The van der Waals surface area contributed by atoms with Crippen molar-refractivity contribution in [2.75, 3.05) is 31.6 Å². The van der Waals surface area contributed by atoms with Crippen LogP contribution in [0.3, 0.4) is 0 Å². The van der Waals surface area contributed by atoms with E-state index in [9.17, 15) is 0 Å². The van der Waals surface area contributed by atoms with Gasteiger partial charge in [-0.05, 0) is 55.8 Å². The van der Waals surface area contributed by atoms with Crippen LogP contribution in [0.4, 0.5) is 5.69 Å². The van der Waals surface area contributed by atoms with Gasteiger partial charge < -0.3 is 10.2 Å². The molecule has 1 aromatic rings. The summed E-state index contributed by atoms with van der Waals surface area (Å²) < 4.78 is 0. The lowest BCUT2D eigenvalue weighted by molar-refractivity contribution is 0.231. The molecule has 0 bridgehead atoms. The zero-order valence-corrected chi connectivity index (χ0v) is 13.1. The largest absolute Gasteiger partial charge is 0.374 e. The van der Waals surface area contributed by atoms with Gasteiger partial charge in [0.25, 0.3) is 0 Å². The van der Waals surface area contributed by atoms with Gasteiger partial charge in [0.05, 0.1) is 0 Å². The molecule has 21 heavy (non-hydrogen) atoms. The number of benzene rings is 1. The summed E-state index contributed by atoms with van der Waals surface area (Å²) in [7, 11) is 2.20. The Morgan fingerprint density at radius 2 is 2.19 bits per heavy atom. The molecule has 4 rings (SSSR count). The first-order chi connectivity index (χ1) is 10.3. The first-order valence-electron chi connectivity index (χ1n) is 8.60. The van der Waals surface area contributed by atoms with Crippen LogP contribution in [-0.4, -0.2) is 43.7 Å². The predicted octanol–water partition coefficient (Wildman–Crippen LogP) is 2.40. The normalized spacial score (nSPS) is 24.9. The van der Waals surface area contributed by atoms with Crippen LogP contribution in [0.15, 0.2) is 18.2 Å². The molecule has 0 amide bonds. The highest BCUT2D eigenvalue weighted by Crippen LogP contribution is 2.31. The molecule has 1 unspecified atom stereocenters. The van der Waals surface area contributed by atoms with E-state index in [4.69, 9.17) is 0 Å². The Labute approximate surface area is 128 Å². The molecule has 1 N–H and O–H groups in total. The number of rotatable bonds is 5. The smallest absolute Gasteiger partial charge is 0.0397 e. The summed E-state index contributed by atoms with van der Waals surface area (Å²) in [5, 5.41) is 3.65. The van der Waals surface area contributed by atoms with E-state index in [1.165, 1.54) is 63.0 Å². The number of hydrogen-bond acceptors (Lipinski definition) is 3. The molecule has 1 saturated heterocycles. The van der Waals surface area contributed by atoms with E-state index in [0.717, 1.165) is 18.6 Å². The minimum atomic E-state index is 0.728. The lowest BCUT2D eigenvalue weighted by Crippen LogP contribution is -2.38. The number of nitrogens with one attached hydrogen (secondary N) is 1. The van der Waals surface area contributed by atoms with Crippen LogP contribution in [0.2, 0.25) is 0 Å². The van der Waals surface area contributed by atoms with Crippen molar-refractivity contribution in [3.63, 3.8) is 0 Å². The molecule has 0 spiro atoms. The van der Waals surface area contributed by atoms with Crippen molar-refractivity contribution in [3.8, 4) is 0 Å². The second-order valence-electron chi connectivity index (χ2n) is 7.09. The highest BCUT2D eigenvalue weighted by atomic mass is 15.2. The van der Waals surface area contributed by atoms with Crippen LogP contribution >= 0.6 is 0 Å². The van der Waals surface area contributed by atoms with E-state index in [-0.39, 0.29) is 0 Å². The average molecular weight is 285 g/mol. The third kappa shape index (κ3) is 2.95. The van der Waals surface area contributed by atoms with Crippen molar-refractivity contribution >= 4 is 5.69 Å². The molecule has 2 aliphatic heterocycles. The van der Waals surface area contributed by atoms with E-state index in [1.807, 2.05) is 0 Å². The number of likely N-dealkylation sites (N-methyl/N-ethyl adjacent to an activating group) is 1. The van der Waals surface area contributed by atoms with Crippen molar-refractivity contribution in [2.24, 2.45) is 0 Å². The van der Waals surface area contributed by atoms with Gasteiger partial charge in [-0.3, -0.25) is 4.90 Å². The Bertz CT molecular complexity index is 503. The fraction of sp³-hybridized carbons (Fsp3) is 0.667. The first-order valence-corrected chi connectivity index (χ1v) is 8.60. The van der Waals surface area contributed by atoms with Gasteiger partial charge in [-0.15, -0.1) is 0 Å². The van der Waals surface area contributed by atoms with Gasteiger partial charge in [-0.2, -0.15) is 0 Å². The topological polar surface area (TPSA) is 18.5 Å². The number of hydrogen-bond donors (Lipinski definition) is 1. The molecule has 2 heterocycles. The summed E-state index contributed by atoms with van der Waals surface area (Å²) >= 11 is 0. The summed E-state index contributed by atoms with van der Waals surface area (Å²) in [6, 6.07) is 8.71. The Morgan fingerprint density at radius 1 is 1.29 bits per heavy atom. The van der Waals surface area contributed by atoms with Crippen LogP contribution in [0, 0.1) is 0 Å². The summed E-state index contributed by atoms with van der Waals surface area (Å²) in [5.74, 6) is 0. The van der Waals surface area contributed by atoms with Crippen molar-refractivity contribution in [1.82, 2.24) is 10.2 Å². The number of nitrogens with zero attached hydrogens (tertiary/aromatic N) is 2. The Morgan fingerprint density at radius 3 is 2.95 bits per heavy atom. The molecule has 3 aliphatic rings. The first kappa shape index (κ1) is 13.6. The third-order valence-corrected chi connectivity index (χ3v) is 5.34. The lowest BCUT2D eigenvalue weighted by atomic mass is 10.1. The fourth-order valence-electron chi connectivity index (χ4n) is 3.93. The van der Waals surface area contributed by atoms with Crippen LogP contribution in [-0.2, 0) is 13.0 Å². The second-order valence-corrected chi connectivity index (χ2v) is 7.09. The van der Waals surface area contributed by atoms with Crippen LogP contribution in [0.1, 0.15) is 36.8 Å². The molecule has 0 radical (unpaired) electrons. The van der Waals surface area contributed by atoms with Crippen LogP contribution in [0.5, 0.6) is 0 Å². The minimum Gasteiger partial charge on any atom is -0.374 e. The van der Waals surface area contributed by atoms with Gasteiger partial charge >= 0.3 is 0 Å². The molecule has 0 aromatic heterocycles. The summed E-state index contributed by atoms with van der Waals surface area (Å²) in [5.41, 5.74) is 4.49. The Kier molecular flexibility index (Phi) is 3.64. The monoisotopic (exact) mass is 285 g/mol. The van der Waals surface area contributed by atoms with Gasteiger partial charge in [0, 0.05) is 44.5 Å². The molecule has 1 atom stereocenters. The van der Waals surface area contributed by atoms with E-state index in [1.54, 1.807) is 5.56 Å². The highest BCUT2D eigenvalue weighted by molar-refractivity contribution is 5.58. The van der Waals surface area contributed by atoms with Gasteiger partial charge in [0.1, 0.15) is 0 Å². The average Bonchev–Trinajstić information content (AvgIpc) is 3.10. The van der Waals surface area contributed by atoms with Crippen LogP contribution < -0.4 is 10.2 Å². The Hall–Kier alpha value is -1.06. The Balaban J connectivity index is 1.45. The quantitative estimate of drug-likeness (QED) is 0.896. The lowest BCUT2D eigenvalue weighted by Gasteiger charge is -2.26. The van der Waals surface area contributed by atoms with Gasteiger partial charge in [-0.25, -0.2) is 0 Å². The SMILES string of the molecule is CN1CCc2cc(CN(CC3CCCN3)C3CC3)ccc21. The zero-order chi connectivity index (χ0) is 14.2. The maximum Gasteiger partial charge on any atom is 0.0397 e. The standard InChI is InChI=1S/C18H27N3/c1-20-10-8-15-11-14(4-7-18(15)20)12-21(17-5-6-17)13-16-3-2-9-19-16/h4,7,11,16-17,19H,2-3,5-6,8-10,12-13H2,1H3. The maximum atomic E-state index is 3.65. The molecular formula is C18H27N3. The van der Waals surface area contributed by atoms with E-state index < -0.39 is 0 Å². The van der Waals surface area contributed by atoms with E-state index in [0.29, 0.717) is 0 Å². The van der Waals surface area contributed by atoms with Crippen molar-refractivity contribution in [2.45, 2.75) is 50.7 Å². The minimum absolute atomic E-state index is 0.728. The fourth-order valence-corrected chi connectivity index (χ4v) is 3.93. The molecular weight excluding hydrogens is 258 g/mol. The maximum absolute atomic E-state index is 3.65. The van der Waals surface area contributed by atoms with Crippen molar-refractivity contribution in [1.29, 1.82) is 0 Å². The summed E-state index contributed by atoms with van der Waals surface area (Å²) in [6.45, 7) is 4.77. The number of fused-ring (bicyclic) bond motifs is 1. The van der Waals surface area contributed by atoms with Gasteiger partial charge in [0.15, 0.2) is 0 Å². The van der Waals surface area contributed by atoms with E-state index >= 15 is 0 Å². The number of anilines is 1. The van der Waals surface area contributed by atoms with Crippen molar-refractivity contribution < 1.29 is 0 Å². The molecule has 1 saturated carbocycles. The molecule has 1 aromatic carbocycles. The zero-order valence-electron chi connectivity index (χ0n) is 13.1. The molecule has 3 heteroatoms. The van der Waals surface area contributed by atoms with E-state index in [2.05, 4.69) is 40.4 Å². The van der Waals surface area contributed by atoms with Crippen molar-refractivity contribution in [3.05, 3.63) is 29.3 Å². The summed E-state index contributed by atoms with van der Waals surface area (Å²) in [4.78, 5) is 5.10. The van der Waals surface area contributed by atoms with Gasteiger partial charge in [-0.1, -0.05) is 12.1 Å². The second kappa shape index (κ2) is 5.62. The molecule has 3 nitrogen and oxygen atoms in total. The predicted molar refractivity (Wildman–Crippen MR) is 87.9 cm³/mol. The molecule has 1 aliphatic carbocycles. The van der Waals surface area contributed by atoms with Gasteiger partial charge in [0.2, 0.25) is 0 Å². The third-order valence-electron chi connectivity index (χ3n) is 5.34. The summed E-state index contributed by atoms with van der Waals surface area (Å²) in [6.07, 6.45) is 6.74.